The van der Waals surface area contributed by atoms with Crippen LogP contribution >= 0.6 is 11.8 Å². The Bertz CT molecular complexity index is 172. The van der Waals surface area contributed by atoms with Crippen LogP contribution in [0.5, 0.6) is 0 Å². The van der Waals surface area contributed by atoms with E-state index in [1.165, 1.54) is 0 Å². The molecule has 1 aliphatic heterocycles. The minimum absolute atomic E-state index is 0.0159. The molecule has 0 aromatic carbocycles. The summed E-state index contributed by atoms with van der Waals surface area (Å²) in [5.41, 5.74) is 5.71. The molecule has 1 aliphatic rings. The molecular weight excluding hydrogens is 172 g/mol. The summed E-state index contributed by atoms with van der Waals surface area (Å²) in [6, 6.07) is 0. The first kappa shape index (κ1) is 9.86. The zero-order valence-electron chi connectivity index (χ0n) is 7.81. The predicted octanol–water partition coefficient (Wildman–Crippen LogP) is 1.12. The third-order valence-corrected chi connectivity index (χ3v) is 3.10. The Balaban J connectivity index is 2.44. The summed E-state index contributed by atoms with van der Waals surface area (Å²) in [6.07, 6.45) is 1.07. The first-order valence-electron chi connectivity index (χ1n) is 4.22. The van der Waals surface area contributed by atoms with Crippen molar-refractivity contribution in [1.29, 1.82) is 0 Å². The normalized spacial score (nSPS) is 30.5. The number of amides is 1. The molecule has 2 N–H and O–H groups in total. The summed E-state index contributed by atoms with van der Waals surface area (Å²) in [4.78, 5) is 10.9. The zero-order chi connectivity index (χ0) is 9.19. The van der Waals surface area contributed by atoms with Crippen LogP contribution in [0.25, 0.3) is 0 Å². The third-order valence-electron chi connectivity index (χ3n) is 1.79. The maximum absolute atomic E-state index is 10.8. The van der Waals surface area contributed by atoms with Gasteiger partial charge < -0.3 is 0 Å². The van der Waals surface area contributed by atoms with E-state index in [1.54, 1.807) is 11.8 Å². The highest BCUT2D eigenvalue weighted by Crippen LogP contribution is 2.30. The van der Waals surface area contributed by atoms with Crippen molar-refractivity contribution in [3.63, 3.8) is 0 Å². The Hall–Kier alpha value is -0.220. The van der Waals surface area contributed by atoms with Gasteiger partial charge in [0.05, 0.1) is 10.6 Å². The van der Waals surface area contributed by atoms with Crippen LogP contribution < -0.4 is 10.9 Å². The van der Waals surface area contributed by atoms with E-state index in [0.717, 1.165) is 6.42 Å². The number of nitrogens with one attached hydrogen (secondary N) is 2. The monoisotopic (exact) mass is 188 g/mol. The molecule has 0 saturated carbocycles. The van der Waals surface area contributed by atoms with Gasteiger partial charge >= 0.3 is 0 Å². The quantitative estimate of drug-likeness (QED) is 0.682. The Morgan fingerprint density at radius 1 is 1.67 bits per heavy atom. The van der Waals surface area contributed by atoms with Crippen LogP contribution in [0.2, 0.25) is 0 Å². The summed E-state index contributed by atoms with van der Waals surface area (Å²) < 4.78 is 0. The van der Waals surface area contributed by atoms with Crippen molar-refractivity contribution >= 4 is 17.7 Å². The van der Waals surface area contributed by atoms with E-state index >= 15 is 0 Å². The van der Waals surface area contributed by atoms with Gasteiger partial charge in [0.2, 0.25) is 5.91 Å². The van der Waals surface area contributed by atoms with Gasteiger partial charge in [-0.1, -0.05) is 13.8 Å². The van der Waals surface area contributed by atoms with Crippen LogP contribution in [0.4, 0.5) is 0 Å². The lowest BCUT2D eigenvalue weighted by Gasteiger charge is -2.35. The highest BCUT2D eigenvalue weighted by Gasteiger charge is 2.30. The molecule has 12 heavy (non-hydrogen) atoms. The van der Waals surface area contributed by atoms with Crippen molar-refractivity contribution in [3.8, 4) is 0 Å². The van der Waals surface area contributed by atoms with Crippen molar-refractivity contribution in [2.45, 2.75) is 32.1 Å². The molecule has 1 atom stereocenters. The number of carbonyl (C=O) groups excluding carboxylic acids is 1. The molecule has 0 spiro atoms. The topological polar surface area (TPSA) is 41.1 Å². The number of hydrogen-bond donors (Lipinski definition) is 2. The zero-order valence-corrected chi connectivity index (χ0v) is 8.62. The van der Waals surface area contributed by atoms with Crippen LogP contribution in [0.1, 0.15) is 27.2 Å². The lowest BCUT2D eigenvalue weighted by Crippen LogP contribution is -2.56. The molecule has 0 aliphatic carbocycles. The predicted molar refractivity (Wildman–Crippen MR) is 51.6 cm³/mol. The van der Waals surface area contributed by atoms with Crippen LogP contribution in [-0.4, -0.2) is 16.5 Å². The van der Waals surface area contributed by atoms with Crippen molar-refractivity contribution in [2.24, 2.45) is 5.92 Å². The molecule has 1 saturated heterocycles. The van der Waals surface area contributed by atoms with E-state index in [0.29, 0.717) is 11.7 Å². The molecule has 1 fully saturated rings. The van der Waals surface area contributed by atoms with Gasteiger partial charge in [0.1, 0.15) is 0 Å². The molecule has 4 heteroatoms. The molecule has 0 bridgehead atoms. The van der Waals surface area contributed by atoms with Gasteiger partial charge in [-0.2, -0.15) is 0 Å². The standard InChI is InChI=1S/C8H16N2OS/c1-6(2)4-8(3)10-9-7(11)5-12-8/h6,10H,4-5H2,1-3H3,(H,9,11). The molecule has 1 unspecified atom stereocenters. The van der Waals surface area contributed by atoms with Crippen molar-refractivity contribution in [3.05, 3.63) is 0 Å². The second-order valence-corrected chi connectivity index (χ2v) is 5.27. The van der Waals surface area contributed by atoms with Gasteiger partial charge in [0, 0.05) is 0 Å². The fourth-order valence-corrected chi connectivity index (χ4v) is 2.48. The molecule has 0 radical (unpaired) electrons. The molecule has 0 aromatic heterocycles. The average Bonchev–Trinajstić information content (AvgIpc) is 1.94. The second kappa shape index (κ2) is 3.66. The average molecular weight is 188 g/mol. The number of carbonyl (C=O) groups is 1. The Labute approximate surface area is 77.6 Å². The Morgan fingerprint density at radius 2 is 2.33 bits per heavy atom. The fourth-order valence-electron chi connectivity index (χ4n) is 1.39. The smallest absolute Gasteiger partial charge is 0.244 e. The van der Waals surface area contributed by atoms with Crippen LogP contribution in [-0.2, 0) is 4.79 Å². The first-order valence-corrected chi connectivity index (χ1v) is 5.20. The summed E-state index contributed by atoms with van der Waals surface area (Å²) >= 11 is 1.68. The van der Waals surface area contributed by atoms with Gasteiger partial charge in [0.15, 0.2) is 0 Å². The van der Waals surface area contributed by atoms with E-state index < -0.39 is 0 Å². The number of hydrogen-bond acceptors (Lipinski definition) is 3. The molecule has 1 heterocycles. The van der Waals surface area contributed by atoms with Gasteiger partial charge in [0.25, 0.3) is 0 Å². The SMILES string of the molecule is CC(C)CC1(C)NNC(=O)CS1. The Morgan fingerprint density at radius 3 is 2.75 bits per heavy atom. The Kier molecular flexibility index (Phi) is 3.01. The lowest BCUT2D eigenvalue weighted by atomic mass is 10.1. The summed E-state index contributed by atoms with van der Waals surface area (Å²) in [7, 11) is 0. The lowest BCUT2D eigenvalue weighted by molar-refractivity contribution is -0.120. The minimum atomic E-state index is 0.0159. The van der Waals surface area contributed by atoms with E-state index in [4.69, 9.17) is 0 Å². The largest absolute Gasteiger partial charge is 0.290 e. The number of hydrazine groups is 1. The highest BCUT2D eigenvalue weighted by atomic mass is 32.2. The van der Waals surface area contributed by atoms with E-state index in [1.807, 2.05) is 0 Å². The van der Waals surface area contributed by atoms with E-state index in [9.17, 15) is 4.79 Å². The third kappa shape index (κ3) is 2.68. The number of rotatable bonds is 2. The minimum Gasteiger partial charge on any atom is -0.290 e. The summed E-state index contributed by atoms with van der Waals surface area (Å²) in [5, 5.41) is 0. The van der Waals surface area contributed by atoms with Crippen molar-refractivity contribution in [2.75, 3.05) is 5.75 Å². The molecule has 0 aromatic rings. The summed E-state index contributed by atoms with van der Waals surface area (Å²) in [5.74, 6) is 1.28. The molecule has 3 nitrogen and oxygen atoms in total. The molecule has 70 valence electrons. The van der Waals surface area contributed by atoms with Crippen LogP contribution in [0.3, 0.4) is 0 Å². The maximum atomic E-state index is 10.8. The molecular formula is C8H16N2OS. The molecule has 1 rings (SSSR count). The first-order chi connectivity index (χ1) is 5.52. The van der Waals surface area contributed by atoms with Crippen molar-refractivity contribution < 1.29 is 4.79 Å². The fraction of sp³-hybridized carbons (Fsp3) is 0.875. The maximum Gasteiger partial charge on any atom is 0.244 e. The van der Waals surface area contributed by atoms with Crippen LogP contribution in [0, 0.1) is 5.92 Å². The van der Waals surface area contributed by atoms with Gasteiger partial charge in [-0.3, -0.25) is 10.2 Å². The second-order valence-electron chi connectivity index (χ2n) is 3.79. The highest BCUT2D eigenvalue weighted by molar-refractivity contribution is 8.01. The van der Waals surface area contributed by atoms with Gasteiger partial charge in [-0.05, 0) is 19.3 Å². The summed E-state index contributed by atoms with van der Waals surface area (Å²) in [6.45, 7) is 6.49. The number of thioether (sulfide) groups is 1. The van der Waals surface area contributed by atoms with Crippen LogP contribution in [0.15, 0.2) is 0 Å². The van der Waals surface area contributed by atoms with Gasteiger partial charge in [-0.15, -0.1) is 11.8 Å². The molecule has 1 amide bonds. The van der Waals surface area contributed by atoms with Crippen molar-refractivity contribution in [1.82, 2.24) is 10.9 Å². The van der Waals surface area contributed by atoms with E-state index in [2.05, 4.69) is 31.6 Å². The van der Waals surface area contributed by atoms with Gasteiger partial charge in [-0.25, -0.2) is 5.43 Å². The van der Waals surface area contributed by atoms with E-state index in [-0.39, 0.29) is 10.8 Å².